The molecule has 0 spiro atoms. The van der Waals surface area contributed by atoms with Crippen LogP contribution in [-0.4, -0.2) is 23.5 Å². The standard InChI is InChI=1S/C16H24N4/c1-3-4-5-7-13(12-17)15(16-18-9-10-19-16)14-8-6-11-20(14)2/h6,8,11,13,15H,3-5,7,9-10H2,1-2H3,(H,18,19). The first-order valence-electron chi connectivity index (χ1n) is 7.57. The minimum Gasteiger partial charge on any atom is -0.371 e. The van der Waals surface area contributed by atoms with Gasteiger partial charge in [0, 0.05) is 25.5 Å². The van der Waals surface area contributed by atoms with E-state index < -0.39 is 0 Å². The number of aliphatic imine (C=N–C) groups is 1. The zero-order valence-electron chi connectivity index (χ0n) is 12.5. The van der Waals surface area contributed by atoms with Crippen LogP contribution < -0.4 is 5.32 Å². The van der Waals surface area contributed by atoms with Crippen molar-refractivity contribution in [2.75, 3.05) is 13.1 Å². The Balaban J connectivity index is 2.21. The van der Waals surface area contributed by atoms with E-state index in [0.29, 0.717) is 0 Å². The van der Waals surface area contributed by atoms with E-state index >= 15 is 0 Å². The molecular weight excluding hydrogens is 248 g/mol. The van der Waals surface area contributed by atoms with E-state index in [-0.39, 0.29) is 11.8 Å². The number of nitriles is 1. The Bertz CT molecular complexity index is 495. The number of amidine groups is 1. The number of hydrogen-bond donors (Lipinski definition) is 1. The van der Waals surface area contributed by atoms with Crippen LogP contribution in [0.2, 0.25) is 0 Å². The average molecular weight is 272 g/mol. The van der Waals surface area contributed by atoms with E-state index in [2.05, 4.69) is 33.9 Å². The molecule has 2 atom stereocenters. The largest absolute Gasteiger partial charge is 0.371 e. The molecule has 1 aliphatic heterocycles. The molecule has 4 heteroatoms. The second kappa shape index (κ2) is 7.14. The zero-order chi connectivity index (χ0) is 14.4. The van der Waals surface area contributed by atoms with Crippen molar-refractivity contribution in [3.05, 3.63) is 24.0 Å². The maximum absolute atomic E-state index is 9.60. The van der Waals surface area contributed by atoms with E-state index in [1.807, 2.05) is 19.3 Å². The number of aromatic nitrogens is 1. The van der Waals surface area contributed by atoms with Crippen molar-refractivity contribution in [2.24, 2.45) is 18.0 Å². The first-order chi connectivity index (χ1) is 9.77. The van der Waals surface area contributed by atoms with Crippen molar-refractivity contribution in [3.63, 3.8) is 0 Å². The van der Waals surface area contributed by atoms with E-state index in [9.17, 15) is 5.26 Å². The summed E-state index contributed by atoms with van der Waals surface area (Å²) >= 11 is 0. The van der Waals surface area contributed by atoms with Gasteiger partial charge in [-0.25, -0.2) is 0 Å². The van der Waals surface area contributed by atoms with Gasteiger partial charge in [-0.1, -0.05) is 26.2 Å². The molecule has 1 N–H and O–H groups in total. The highest BCUT2D eigenvalue weighted by atomic mass is 15.1. The number of hydrogen-bond acceptors (Lipinski definition) is 3. The number of rotatable bonds is 7. The fourth-order valence-corrected chi connectivity index (χ4v) is 2.88. The van der Waals surface area contributed by atoms with Gasteiger partial charge >= 0.3 is 0 Å². The topological polar surface area (TPSA) is 53.1 Å². The van der Waals surface area contributed by atoms with Crippen LogP contribution in [0.25, 0.3) is 0 Å². The third-order valence-electron chi connectivity index (χ3n) is 3.98. The van der Waals surface area contributed by atoms with Crippen LogP contribution in [0, 0.1) is 17.2 Å². The van der Waals surface area contributed by atoms with Gasteiger partial charge in [0.15, 0.2) is 0 Å². The number of unbranched alkanes of at least 4 members (excludes halogenated alkanes) is 2. The Labute approximate surface area is 121 Å². The minimum absolute atomic E-state index is 0.000463. The molecule has 1 aromatic rings. The lowest BCUT2D eigenvalue weighted by Gasteiger charge is -2.23. The van der Waals surface area contributed by atoms with Crippen molar-refractivity contribution < 1.29 is 0 Å². The molecule has 0 aliphatic carbocycles. The van der Waals surface area contributed by atoms with Gasteiger partial charge in [-0.3, -0.25) is 4.99 Å². The molecule has 1 aliphatic rings. The van der Waals surface area contributed by atoms with Gasteiger partial charge in [-0.2, -0.15) is 5.26 Å². The highest BCUT2D eigenvalue weighted by Gasteiger charge is 2.30. The first-order valence-corrected chi connectivity index (χ1v) is 7.57. The third-order valence-corrected chi connectivity index (χ3v) is 3.98. The van der Waals surface area contributed by atoms with E-state index in [1.165, 1.54) is 18.5 Å². The lowest BCUT2D eigenvalue weighted by atomic mass is 9.85. The van der Waals surface area contributed by atoms with Gasteiger partial charge in [-0.05, 0) is 18.6 Å². The Morgan fingerprint density at radius 2 is 2.35 bits per heavy atom. The molecule has 0 radical (unpaired) electrons. The molecule has 1 aromatic heterocycles. The SMILES string of the molecule is CCCCCC(C#N)C(C1=NCCN1)c1cccn1C. The molecule has 4 nitrogen and oxygen atoms in total. The van der Waals surface area contributed by atoms with Crippen LogP contribution in [0.1, 0.15) is 44.2 Å². The predicted octanol–water partition coefficient (Wildman–Crippen LogP) is 2.83. The maximum atomic E-state index is 9.60. The van der Waals surface area contributed by atoms with Gasteiger partial charge in [0.1, 0.15) is 5.84 Å². The molecule has 108 valence electrons. The summed E-state index contributed by atoms with van der Waals surface area (Å²) < 4.78 is 2.11. The summed E-state index contributed by atoms with van der Waals surface area (Å²) in [5.41, 5.74) is 1.18. The van der Waals surface area contributed by atoms with E-state index in [4.69, 9.17) is 0 Å². The van der Waals surface area contributed by atoms with Crippen molar-refractivity contribution in [2.45, 2.75) is 38.5 Å². The second-order valence-electron chi connectivity index (χ2n) is 5.45. The summed E-state index contributed by atoms with van der Waals surface area (Å²) in [6.45, 7) is 3.91. The highest BCUT2D eigenvalue weighted by molar-refractivity contribution is 5.90. The Hall–Kier alpha value is -1.76. The maximum Gasteiger partial charge on any atom is 0.107 e. The summed E-state index contributed by atoms with van der Waals surface area (Å²) in [6, 6.07) is 6.67. The summed E-state index contributed by atoms with van der Waals surface area (Å²) in [4.78, 5) is 4.57. The highest BCUT2D eigenvalue weighted by Crippen LogP contribution is 2.30. The van der Waals surface area contributed by atoms with Crippen LogP contribution in [0.5, 0.6) is 0 Å². The van der Waals surface area contributed by atoms with Gasteiger partial charge in [0.05, 0.1) is 24.4 Å². The normalized spacial score (nSPS) is 17.1. The second-order valence-corrected chi connectivity index (χ2v) is 5.45. The predicted molar refractivity (Wildman–Crippen MR) is 81.7 cm³/mol. The smallest absolute Gasteiger partial charge is 0.107 e. The molecular formula is C16H24N4. The Morgan fingerprint density at radius 1 is 1.50 bits per heavy atom. The lowest BCUT2D eigenvalue weighted by molar-refractivity contribution is 0.506. The van der Waals surface area contributed by atoms with Crippen LogP contribution in [0.3, 0.4) is 0 Å². The van der Waals surface area contributed by atoms with Crippen molar-refractivity contribution in [3.8, 4) is 6.07 Å². The lowest BCUT2D eigenvalue weighted by Crippen LogP contribution is -2.31. The number of aryl methyl sites for hydroxylation is 1. The molecule has 20 heavy (non-hydrogen) atoms. The van der Waals surface area contributed by atoms with E-state index in [0.717, 1.165) is 31.8 Å². The fraction of sp³-hybridized carbons (Fsp3) is 0.625. The molecule has 0 saturated carbocycles. The molecule has 0 saturated heterocycles. The molecule has 2 rings (SSSR count). The summed E-state index contributed by atoms with van der Waals surface area (Å²) in [6.07, 6.45) is 6.48. The fourth-order valence-electron chi connectivity index (χ4n) is 2.88. The molecule has 0 fully saturated rings. The van der Waals surface area contributed by atoms with Gasteiger partial charge in [-0.15, -0.1) is 0 Å². The van der Waals surface area contributed by atoms with Crippen LogP contribution in [0.4, 0.5) is 0 Å². The zero-order valence-corrected chi connectivity index (χ0v) is 12.5. The quantitative estimate of drug-likeness (QED) is 0.776. The average Bonchev–Trinajstić information content (AvgIpc) is 3.10. The Kier molecular flexibility index (Phi) is 5.23. The minimum atomic E-state index is -0.000463. The molecule has 2 unspecified atom stereocenters. The van der Waals surface area contributed by atoms with Gasteiger partial charge in [0.2, 0.25) is 0 Å². The molecule has 2 heterocycles. The van der Waals surface area contributed by atoms with Gasteiger partial charge in [0.25, 0.3) is 0 Å². The van der Waals surface area contributed by atoms with Crippen molar-refractivity contribution in [1.29, 1.82) is 5.26 Å². The number of nitrogens with zero attached hydrogens (tertiary/aromatic N) is 3. The molecule has 0 bridgehead atoms. The van der Waals surface area contributed by atoms with Crippen LogP contribution in [0.15, 0.2) is 23.3 Å². The monoisotopic (exact) mass is 272 g/mol. The summed E-state index contributed by atoms with van der Waals surface area (Å²) in [7, 11) is 2.04. The molecule has 0 amide bonds. The summed E-state index contributed by atoms with van der Waals surface area (Å²) in [5, 5.41) is 13.0. The van der Waals surface area contributed by atoms with Crippen molar-refractivity contribution >= 4 is 5.84 Å². The van der Waals surface area contributed by atoms with Gasteiger partial charge < -0.3 is 9.88 Å². The van der Waals surface area contributed by atoms with Crippen molar-refractivity contribution in [1.82, 2.24) is 9.88 Å². The van der Waals surface area contributed by atoms with Crippen LogP contribution in [-0.2, 0) is 7.05 Å². The van der Waals surface area contributed by atoms with E-state index in [1.54, 1.807) is 0 Å². The first kappa shape index (κ1) is 14.6. The third kappa shape index (κ3) is 3.22. The van der Waals surface area contributed by atoms with Crippen LogP contribution >= 0.6 is 0 Å². The molecule has 0 aromatic carbocycles. The summed E-state index contributed by atoms with van der Waals surface area (Å²) in [5.74, 6) is 1.08. The number of nitrogens with one attached hydrogen (secondary N) is 1. The Morgan fingerprint density at radius 3 is 2.90 bits per heavy atom.